The van der Waals surface area contributed by atoms with Crippen molar-refractivity contribution in [1.82, 2.24) is 0 Å². The van der Waals surface area contributed by atoms with Crippen LogP contribution in [0, 0.1) is 17.6 Å². The van der Waals surface area contributed by atoms with Crippen molar-refractivity contribution in [2.24, 2.45) is 11.7 Å². The van der Waals surface area contributed by atoms with Crippen LogP contribution in [0.1, 0.15) is 19.3 Å². The number of amides is 1. The molecule has 0 radical (unpaired) electrons. The number of nitrogens with two attached hydrogens (primary N) is 1. The molecule has 1 aromatic carbocycles. The van der Waals surface area contributed by atoms with Gasteiger partial charge in [-0.15, -0.1) is 12.4 Å². The van der Waals surface area contributed by atoms with Gasteiger partial charge in [-0.05, 0) is 31.4 Å². The SMILES string of the molecule is Cl.NC1CCC(C(=O)Nc2cc(F)cc(F)c2)C1. The Kier molecular flexibility index (Phi) is 5.04. The zero-order valence-electron chi connectivity index (χ0n) is 9.66. The molecule has 1 fully saturated rings. The quantitative estimate of drug-likeness (QED) is 0.872. The monoisotopic (exact) mass is 276 g/mol. The van der Waals surface area contributed by atoms with E-state index in [1.807, 2.05) is 0 Å². The predicted octanol–water partition coefficient (Wildman–Crippen LogP) is 2.45. The van der Waals surface area contributed by atoms with Crippen LogP contribution >= 0.6 is 12.4 Å². The number of halogens is 3. The van der Waals surface area contributed by atoms with Crippen molar-refractivity contribution in [2.75, 3.05) is 5.32 Å². The Balaban J connectivity index is 0.00000162. The van der Waals surface area contributed by atoms with E-state index >= 15 is 0 Å². The number of hydrogen-bond donors (Lipinski definition) is 2. The summed E-state index contributed by atoms with van der Waals surface area (Å²) in [6, 6.07) is 3.00. The lowest BCUT2D eigenvalue weighted by Gasteiger charge is -2.10. The Morgan fingerprint density at radius 3 is 2.33 bits per heavy atom. The molecule has 0 saturated heterocycles. The minimum atomic E-state index is -0.705. The Labute approximate surface area is 110 Å². The number of benzene rings is 1. The van der Waals surface area contributed by atoms with Crippen molar-refractivity contribution in [3.8, 4) is 0 Å². The summed E-state index contributed by atoms with van der Waals surface area (Å²) >= 11 is 0. The first-order valence-electron chi connectivity index (χ1n) is 5.57. The van der Waals surface area contributed by atoms with Gasteiger partial charge in [0.2, 0.25) is 5.91 Å². The van der Waals surface area contributed by atoms with E-state index in [1.54, 1.807) is 0 Å². The van der Waals surface area contributed by atoms with E-state index in [9.17, 15) is 13.6 Å². The van der Waals surface area contributed by atoms with Crippen molar-refractivity contribution >= 4 is 24.0 Å². The highest BCUT2D eigenvalue weighted by molar-refractivity contribution is 5.92. The average molecular weight is 277 g/mol. The number of rotatable bonds is 2. The topological polar surface area (TPSA) is 55.1 Å². The van der Waals surface area contributed by atoms with Gasteiger partial charge in [0.05, 0.1) is 0 Å². The largest absolute Gasteiger partial charge is 0.328 e. The van der Waals surface area contributed by atoms with E-state index in [2.05, 4.69) is 5.32 Å². The molecule has 2 atom stereocenters. The highest BCUT2D eigenvalue weighted by atomic mass is 35.5. The van der Waals surface area contributed by atoms with E-state index in [4.69, 9.17) is 5.73 Å². The molecule has 1 amide bonds. The van der Waals surface area contributed by atoms with Gasteiger partial charge < -0.3 is 11.1 Å². The van der Waals surface area contributed by atoms with E-state index in [1.165, 1.54) is 0 Å². The summed E-state index contributed by atoms with van der Waals surface area (Å²) in [5, 5.41) is 2.51. The molecule has 0 aromatic heterocycles. The zero-order chi connectivity index (χ0) is 12.4. The van der Waals surface area contributed by atoms with Gasteiger partial charge in [0.1, 0.15) is 11.6 Å². The fourth-order valence-corrected chi connectivity index (χ4v) is 2.12. The van der Waals surface area contributed by atoms with Crippen LogP contribution in [0.2, 0.25) is 0 Å². The fraction of sp³-hybridized carbons (Fsp3) is 0.417. The Morgan fingerprint density at radius 1 is 1.22 bits per heavy atom. The maximum absolute atomic E-state index is 12.9. The third-order valence-electron chi connectivity index (χ3n) is 2.97. The summed E-state index contributed by atoms with van der Waals surface area (Å²) in [6.07, 6.45) is 2.17. The molecule has 0 bridgehead atoms. The molecule has 0 aliphatic heterocycles. The van der Waals surface area contributed by atoms with Gasteiger partial charge >= 0.3 is 0 Å². The normalized spacial score (nSPS) is 22.4. The van der Waals surface area contributed by atoms with Gasteiger partial charge in [-0.3, -0.25) is 4.79 Å². The Bertz CT molecular complexity index is 422. The molecule has 0 spiro atoms. The van der Waals surface area contributed by atoms with Crippen LogP contribution in [0.4, 0.5) is 14.5 Å². The van der Waals surface area contributed by atoms with Gasteiger partial charge in [0.15, 0.2) is 0 Å². The molecular weight excluding hydrogens is 262 g/mol. The third-order valence-corrected chi connectivity index (χ3v) is 2.97. The van der Waals surface area contributed by atoms with Crippen molar-refractivity contribution in [1.29, 1.82) is 0 Å². The summed E-state index contributed by atoms with van der Waals surface area (Å²) < 4.78 is 25.8. The maximum atomic E-state index is 12.9. The Hall–Kier alpha value is -1.20. The van der Waals surface area contributed by atoms with Gasteiger partial charge in [0.25, 0.3) is 0 Å². The second kappa shape index (κ2) is 6.11. The van der Waals surface area contributed by atoms with Gasteiger partial charge in [-0.25, -0.2) is 8.78 Å². The summed E-state index contributed by atoms with van der Waals surface area (Å²) in [6.45, 7) is 0. The second-order valence-corrected chi connectivity index (χ2v) is 4.42. The molecule has 1 aliphatic rings. The smallest absolute Gasteiger partial charge is 0.227 e. The number of hydrogen-bond acceptors (Lipinski definition) is 2. The number of carbonyl (C=O) groups is 1. The summed E-state index contributed by atoms with van der Waals surface area (Å²) in [4.78, 5) is 11.8. The lowest BCUT2D eigenvalue weighted by Crippen LogP contribution is -2.23. The van der Waals surface area contributed by atoms with E-state index in [0.717, 1.165) is 31.0 Å². The number of nitrogens with one attached hydrogen (secondary N) is 1. The first kappa shape index (κ1) is 14.9. The van der Waals surface area contributed by atoms with E-state index in [0.29, 0.717) is 6.42 Å². The standard InChI is InChI=1S/C12H14F2N2O.ClH/c13-8-4-9(14)6-11(5-8)16-12(17)7-1-2-10(15)3-7;/h4-7,10H,1-3,15H2,(H,16,17);1H. The molecule has 3 N–H and O–H groups in total. The molecule has 1 aliphatic carbocycles. The van der Waals surface area contributed by atoms with Crippen LogP contribution in [-0.2, 0) is 4.79 Å². The molecule has 100 valence electrons. The van der Waals surface area contributed by atoms with E-state index < -0.39 is 11.6 Å². The number of carbonyl (C=O) groups excluding carboxylic acids is 1. The summed E-state index contributed by atoms with van der Waals surface area (Å²) in [5.41, 5.74) is 5.85. The molecule has 1 saturated carbocycles. The average Bonchev–Trinajstić information content (AvgIpc) is 2.63. The molecule has 0 heterocycles. The predicted molar refractivity (Wildman–Crippen MR) is 67.6 cm³/mol. The van der Waals surface area contributed by atoms with Crippen molar-refractivity contribution < 1.29 is 13.6 Å². The van der Waals surface area contributed by atoms with Crippen LogP contribution in [-0.4, -0.2) is 11.9 Å². The summed E-state index contributed by atoms with van der Waals surface area (Å²) in [5.74, 6) is -1.79. The minimum Gasteiger partial charge on any atom is -0.328 e. The van der Waals surface area contributed by atoms with Gasteiger partial charge in [-0.2, -0.15) is 0 Å². The van der Waals surface area contributed by atoms with Crippen LogP contribution in [0.15, 0.2) is 18.2 Å². The van der Waals surface area contributed by atoms with Gasteiger partial charge in [0, 0.05) is 23.7 Å². The molecular formula is C12H15ClF2N2O. The van der Waals surface area contributed by atoms with Crippen LogP contribution < -0.4 is 11.1 Å². The fourth-order valence-electron chi connectivity index (χ4n) is 2.12. The van der Waals surface area contributed by atoms with Crippen molar-refractivity contribution in [2.45, 2.75) is 25.3 Å². The minimum absolute atomic E-state index is 0. The summed E-state index contributed by atoms with van der Waals surface area (Å²) in [7, 11) is 0. The molecule has 3 nitrogen and oxygen atoms in total. The van der Waals surface area contributed by atoms with Crippen LogP contribution in [0.3, 0.4) is 0 Å². The van der Waals surface area contributed by atoms with Crippen LogP contribution in [0.25, 0.3) is 0 Å². The van der Waals surface area contributed by atoms with Crippen LogP contribution in [0.5, 0.6) is 0 Å². The molecule has 6 heteroatoms. The highest BCUT2D eigenvalue weighted by Gasteiger charge is 2.27. The molecule has 2 rings (SSSR count). The first-order chi connectivity index (χ1) is 8.04. The first-order valence-corrected chi connectivity index (χ1v) is 5.57. The second-order valence-electron chi connectivity index (χ2n) is 4.42. The van der Waals surface area contributed by atoms with Crippen molar-refractivity contribution in [3.63, 3.8) is 0 Å². The molecule has 18 heavy (non-hydrogen) atoms. The Morgan fingerprint density at radius 2 is 1.83 bits per heavy atom. The lowest BCUT2D eigenvalue weighted by atomic mass is 10.1. The van der Waals surface area contributed by atoms with Gasteiger partial charge in [-0.1, -0.05) is 0 Å². The molecule has 2 unspecified atom stereocenters. The maximum Gasteiger partial charge on any atom is 0.227 e. The lowest BCUT2D eigenvalue weighted by molar-refractivity contribution is -0.119. The third kappa shape index (κ3) is 3.65. The highest BCUT2D eigenvalue weighted by Crippen LogP contribution is 2.25. The zero-order valence-corrected chi connectivity index (χ0v) is 10.5. The van der Waals surface area contributed by atoms with Crippen molar-refractivity contribution in [3.05, 3.63) is 29.8 Å². The number of anilines is 1. The molecule has 1 aromatic rings. The van der Waals surface area contributed by atoms with E-state index in [-0.39, 0.29) is 36.0 Å².